The number of para-hydroxylation sites is 2. The van der Waals surface area contributed by atoms with Gasteiger partial charge in [-0.1, -0.05) is 164 Å². The van der Waals surface area contributed by atoms with Crippen molar-refractivity contribution in [1.29, 1.82) is 0 Å². The number of benzene rings is 8. The maximum atomic E-state index is 6.78. The monoisotopic (exact) mass is 693 g/mol. The van der Waals surface area contributed by atoms with Crippen LogP contribution < -0.4 is 5.32 Å². The summed E-state index contributed by atoms with van der Waals surface area (Å²) in [5.74, 6) is 1.42. The molecule has 0 bridgehead atoms. The second kappa shape index (κ2) is 12.2. The number of furan rings is 2. The van der Waals surface area contributed by atoms with Gasteiger partial charge in [0.15, 0.2) is 5.84 Å². The van der Waals surface area contributed by atoms with Crippen LogP contribution in [0, 0.1) is 0 Å². The Balaban J connectivity index is 1.08. The Labute approximate surface area is 310 Å². The van der Waals surface area contributed by atoms with Gasteiger partial charge >= 0.3 is 0 Å². The Kier molecular flexibility index (Phi) is 6.85. The first-order valence-electron chi connectivity index (χ1n) is 18.2. The summed E-state index contributed by atoms with van der Waals surface area (Å²) in [7, 11) is 0. The van der Waals surface area contributed by atoms with Crippen molar-refractivity contribution in [3.8, 4) is 22.3 Å². The molecule has 1 aliphatic rings. The lowest BCUT2D eigenvalue weighted by atomic mass is 9.97. The lowest BCUT2D eigenvalue weighted by Gasteiger charge is -2.24. The summed E-state index contributed by atoms with van der Waals surface area (Å²) in [6.45, 7) is 0. The van der Waals surface area contributed by atoms with E-state index in [0.717, 1.165) is 83.1 Å². The summed E-state index contributed by atoms with van der Waals surface area (Å²) in [6.07, 6.45) is -0.344. The van der Waals surface area contributed by atoms with Gasteiger partial charge in [-0.05, 0) is 39.6 Å². The van der Waals surface area contributed by atoms with E-state index in [4.69, 9.17) is 18.8 Å². The molecule has 3 heterocycles. The topological polar surface area (TPSA) is 63.0 Å². The zero-order valence-electron chi connectivity index (χ0n) is 29.0. The van der Waals surface area contributed by atoms with Crippen LogP contribution in [0.3, 0.4) is 0 Å². The van der Waals surface area contributed by atoms with Crippen LogP contribution in [0.1, 0.15) is 22.9 Å². The molecule has 1 aliphatic heterocycles. The van der Waals surface area contributed by atoms with Crippen molar-refractivity contribution < 1.29 is 8.83 Å². The van der Waals surface area contributed by atoms with Crippen LogP contribution in [-0.4, -0.2) is 11.7 Å². The highest BCUT2D eigenvalue weighted by molar-refractivity contribution is 6.24. The fourth-order valence-corrected chi connectivity index (χ4v) is 8.00. The van der Waals surface area contributed by atoms with Gasteiger partial charge in [0.25, 0.3) is 0 Å². The van der Waals surface area contributed by atoms with Crippen LogP contribution in [-0.2, 0) is 0 Å². The fraction of sp³-hybridized carbons (Fsp3) is 0.0204. The summed E-state index contributed by atoms with van der Waals surface area (Å²) in [4.78, 5) is 10.4. The molecule has 54 heavy (non-hydrogen) atoms. The molecule has 0 amide bonds. The van der Waals surface area contributed by atoms with Gasteiger partial charge in [-0.15, -0.1) is 0 Å². The lowest BCUT2D eigenvalue weighted by Crippen LogP contribution is -2.33. The Hall–Kier alpha value is -7.24. The summed E-state index contributed by atoms with van der Waals surface area (Å²) >= 11 is 0. The molecule has 5 nitrogen and oxygen atoms in total. The number of nitrogens with zero attached hydrogens (tertiary/aromatic N) is 2. The molecular formula is C49H31N3O2. The molecule has 5 heteroatoms. The van der Waals surface area contributed by atoms with Crippen LogP contribution in [0.25, 0.3) is 76.9 Å². The minimum Gasteiger partial charge on any atom is -0.455 e. The number of amidine groups is 2. The molecule has 11 rings (SSSR count). The van der Waals surface area contributed by atoms with Crippen LogP contribution in [0.4, 0.5) is 0 Å². The first-order chi connectivity index (χ1) is 26.8. The van der Waals surface area contributed by atoms with E-state index < -0.39 is 0 Å². The quantitative estimate of drug-likeness (QED) is 0.195. The summed E-state index contributed by atoms with van der Waals surface area (Å²) < 4.78 is 13.4. The van der Waals surface area contributed by atoms with E-state index in [1.165, 1.54) is 16.3 Å². The van der Waals surface area contributed by atoms with Gasteiger partial charge < -0.3 is 14.2 Å². The standard InChI is InChI=1S/C49H31N3O2/c1-3-12-30(13-4-1)31-24-26-34(27-25-31)48-50-47(33-15-5-2-6-16-33)51-49(52-48)40-22-11-23-41-44(40)39-21-10-19-37(46(39)53-41)36-18-9-20-38-43-35-17-8-7-14-32(35)28-29-42(43)54-45(36)38/h1-29,48H,(H,50,51,52). The molecule has 1 N–H and O–H groups in total. The molecule has 0 spiro atoms. The Morgan fingerprint density at radius 2 is 1.00 bits per heavy atom. The molecule has 254 valence electrons. The molecule has 0 aliphatic carbocycles. The fourth-order valence-electron chi connectivity index (χ4n) is 8.00. The van der Waals surface area contributed by atoms with E-state index in [-0.39, 0.29) is 6.17 Å². The second-order valence-corrected chi connectivity index (χ2v) is 13.7. The number of rotatable bonds is 5. The zero-order valence-corrected chi connectivity index (χ0v) is 29.0. The van der Waals surface area contributed by atoms with Gasteiger partial charge in [0.05, 0.1) is 0 Å². The SMILES string of the molecule is c1ccc(C2=NC(c3cccc4oc5c(-c6cccc7c6oc6ccc8ccccc8c67)cccc5c34)=NC(c3ccc(-c4ccccc4)cc3)N2)cc1. The Bertz CT molecular complexity index is 3120. The largest absolute Gasteiger partial charge is 0.455 e. The Morgan fingerprint density at radius 3 is 1.74 bits per heavy atom. The van der Waals surface area contributed by atoms with Crippen molar-refractivity contribution in [3.05, 3.63) is 193 Å². The van der Waals surface area contributed by atoms with E-state index >= 15 is 0 Å². The predicted octanol–water partition coefficient (Wildman–Crippen LogP) is 12.5. The predicted molar refractivity (Wildman–Crippen MR) is 221 cm³/mol. The molecule has 0 fully saturated rings. The van der Waals surface area contributed by atoms with Crippen molar-refractivity contribution in [1.82, 2.24) is 5.32 Å². The van der Waals surface area contributed by atoms with Crippen molar-refractivity contribution in [3.63, 3.8) is 0 Å². The van der Waals surface area contributed by atoms with Gasteiger partial charge in [-0.25, -0.2) is 9.98 Å². The van der Waals surface area contributed by atoms with Crippen LogP contribution in [0.15, 0.2) is 195 Å². The van der Waals surface area contributed by atoms with Crippen LogP contribution in [0.5, 0.6) is 0 Å². The molecule has 0 radical (unpaired) electrons. The number of fused-ring (bicyclic) bond motifs is 8. The number of aliphatic imine (C=N–C) groups is 2. The first-order valence-corrected chi connectivity index (χ1v) is 18.2. The number of hydrogen-bond acceptors (Lipinski definition) is 5. The lowest BCUT2D eigenvalue weighted by molar-refractivity contribution is 0.665. The minimum atomic E-state index is -0.344. The highest BCUT2D eigenvalue weighted by Gasteiger charge is 2.25. The van der Waals surface area contributed by atoms with Crippen molar-refractivity contribution in [2.24, 2.45) is 9.98 Å². The van der Waals surface area contributed by atoms with E-state index in [1.807, 2.05) is 36.4 Å². The maximum Gasteiger partial charge on any atom is 0.160 e. The molecule has 1 atom stereocenters. The van der Waals surface area contributed by atoms with Gasteiger partial charge in [-0.2, -0.15) is 0 Å². The van der Waals surface area contributed by atoms with Gasteiger partial charge in [0.2, 0.25) is 0 Å². The van der Waals surface area contributed by atoms with E-state index in [9.17, 15) is 0 Å². The summed E-state index contributed by atoms with van der Waals surface area (Å²) in [5.41, 5.74) is 10.6. The average Bonchev–Trinajstić information content (AvgIpc) is 3.83. The maximum absolute atomic E-state index is 6.78. The van der Waals surface area contributed by atoms with Crippen molar-refractivity contribution in [2.75, 3.05) is 0 Å². The van der Waals surface area contributed by atoms with Gasteiger partial charge in [0, 0.05) is 43.8 Å². The third-order valence-electron chi connectivity index (χ3n) is 10.6. The number of hydrogen-bond donors (Lipinski definition) is 1. The molecule has 0 saturated carbocycles. The highest BCUT2D eigenvalue weighted by atomic mass is 16.3. The van der Waals surface area contributed by atoms with Crippen LogP contribution in [0.2, 0.25) is 0 Å². The minimum absolute atomic E-state index is 0.344. The highest BCUT2D eigenvalue weighted by Crippen LogP contribution is 2.43. The second-order valence-electron chi connectivity index (χ2n) is 13.7. The molecule has 10 aromatic rings. The summed E-state index contributed by atoms with van der Waals surface area (Å²) in [5, 5.41) is 10.2. The number of nitrogens with one attached hydrogen (secondary N) is 1. The molecule has 0 saturated heterocycles. The zero-order chi connectivity index (χ0) is 35.6. The Morgan fingerprint density at radius 1 is 0.426 bits per heavy atom. The van der Waals surface area contributed by atoms with E-state index in [0.29, 0.717) is 5.84 Å². The first kappa shape index (κ1) is 30.4. The molecule has 2 aromatic heterocycles. The van der Waals surface area contributed by atoms with Gasteiger partial charge in [-0.3, -0.25) is 0 Å². The van der Waals surface area contributed by atoms with Crippen molar-refractivity contribution >= 4 is 66.3 Å². The van der Waals surface area contributed by atoms with Crippen LogP contribution >= 0.6 is 0 Å². The average molecular weight is 694 g/mol. The molecule has 8 aromatic carbocycles. The van der Waals surface area contributed by atoms with Gasteiger partial charge in [0.1, 0.15) is 34.3 Å². The molecular weight excluding hydrogens is 663 g/mol. The third-order valence-corrected chi connectivity index (χ3v) is 10.6. The third kappa shape index (κ3) is 4.86. The smallest absolute Gasteiger partial charge is 0.160 e. The molecule has 1 unspecified atom stereocenters. The summed E-state index contributed by atoms with van der Waals surface area (Å²) in [6, 6.07) is 60.8. The van der Waals surface area contributed by atoms with Crippen molar-refractivity contribution in [2.45, 2.75) is 6.17 Å². The van der Waals surface area contributed by atoms with E-state index in [2.05, 4.69) is 145 Å². The normalized spacial score (nSPS) is 14.5. The van der Waals surface area contributed by atoms with E-state index in [1.54, 1.807) is 0 Å².